The summed E-state index contributed by atoms with van der Waals surface area (Å²) in [7, 11) is 0. The number of imidazole rings is 1. The van der Waals surface area contributed by atoms with E-state index in [1.54, 1.807) is 18.2 Å². The highest BCUT2D eigenvalue weighted by atomic mass is 35.5. The molecular weight excluding hydrogens is 335 g/mol. The van der Waals surface area contributed by atoms with Gasteiger partial charge in [-0.25, -0.2) is 9.37 Å². The Balaban J connectivity index is 1.92. The van der Waals surface area contributed by atoms with Gasteiger partial charge in [-0.05, 0) is 24.3 Å². The Morgan fingerprint density at radius 3 is 2.16 bits per heavy atom. The second kappa shape index (κ2) is 6.54. The molecule has 4 heteroatoms. The quantitative estimate of drug-likeness (QED) is 0.469. The minimum absolute atomic E-state index is 0.307. The third kappa shape index (κ3) is 3.06. The van der Waals surface area contributed by atoms with Gasteiger partial charge in [0.1, 0.15) is 11.6 Å². The van der Waals surface area contributed by atoms with Crippen molar-refractivity contribution >= 4 is 11.6 Å². The van der Waals surface area contributed by atoms with Crippen molar-refractivity contribution in [3.05, 3.63) is 89.7 Å². The number of nitrogens with zero attached hydrogens (tertiary/aromatic N) is 1. The first-order chi connectivity index (χ1) is 12.2. The van der Waals surface area contributed by atoms with E-state index in [1.807, 2.05) is 54.6 Å². The molecule has 0 aliphatic carbocycles. The van der Waals surface area contributed by atoms with Crippen LogP contribution in [0.2, 0.25) is 5.02 Å². The Bertz CT molecular complexity index is 1010. The Morgan fingerprint density at radius 1 is 0.760 bits per heavy atom. The first kappa shape index (κ1) is 15.6. The molecule has 4 rings (SSSR count). The van der Waals surface area contributed by atoms with Gasteiger partial charge < -0.3 is 4.98 Å². The van der Waals surface area contributed by atoms with Gasteiger partial charge in [-0.1, -0.05) is 66.2 Å². The predicted molar refractivity (Wildman–Crippen MR) is 99.9 cm³/mol. The van der Waals surface area contributed by atoms with E-state index in [9.17, 15) is 4.39 Å². The SMILES string of the molecule is Fc1ccccc1-c1nc(-c2ccccc2)c(-c2ccc(Cl)cc2)[nH]1. The molecule has 0 saturated carbocycles. The Hall–Kier alpha value is -2.91. The largest absolute Gasteiger partial charge is 0.337 e. The number of hydrogen-bond acceptors (Lipinski definition) is 1. The van der Waals surface area contributed by atoms with E-state index < -0.39 is 0 Å². The summed E-state index contributed by atoms with van der Waals surface area (Å²) in [5.74, 6) is 0.195. The minimum Gasteiger partial charge on any atom is -0.337 e. The molecule has 0 aliphatic rings. The third-order valence-corrected chi connectivity index (χ3v) is 4.26. The third-order valence-electron chi connectivity index (χ3n) is 4.01. The van der Waals surface area contributed by atoms with E-state index in [0.717, 1.165) is 22.5 Å². The molecule has 25 heavy (non-hydrogen) atoms. The summed E-state index contributed by atoms with van der Waals surface area (Å²) >= 11 is 6.00. The van der Waals surface area contributed by atoms with Crippen molar-refractivity contribution in [2.75, 3.05) is 0 Å². The molecule has 0 bridgehead atoms. The van der Waals surface area contributed by atoms with Crippen molar-refractivity contribution < 1.29 is 4.39 Å². The van der Waals surface area contributed by atoms with Crippen LogP contribution in [0.3, 0.4) is 0 Å². The van der Waals surface area contributed by atoms with Gasteiger partial charge in [0.25, 0.3) is 0 Å². The van der Waals surface area contributed by atoms with Gasteiger partial charge in [0.15, 0.2) is 0 Å². The molecule has 0 spiro atoms. The number of halogens is 2. The Kier molecular flexibility index (Phi) is 4.08. The van der Waals surface area contributed by atoms with Crippen LogP contribution in [0, 0.1) is 5.82 Å². The first-order valence-corrected chi connectivity index (χ1v) is 8.26. The molecule has 0 unspecified atom stereocenters. The zero-order chi connectivity index (χ0) is 17.2. The van der Waals surface area contributed by atoms with Crippen LogP contribution in [0.15, 0.2) is 78.9 Å². The second-order valence-electron chi connectivity index (χ2n) is 5.66. The molecule has 122 valence electrons. The van der Waals surface area contributed by atoms with Crippen molar-refractivity contribution in [1.29, 1.82) is 0 Å². The number of benzene rings is 3. The first-order valence-electron chi connectivity index (χ1n) is 7.88. The fraction of sp³-hybridized carbons (Fsp3) is 0. The van der Waals surface area contributed by atoms with E-state index in [4.69, 9.17) is 11.6 Å². The van der Waals surface area contributed by atoms with Gasteiger partial charge in [-0.2, -0.15) is 0 Å². The van der Waals surface area contributed by atoms with E-state index in [0.29, 0.717) is 16.4 Å². The monoisotopic (exact) mass is 348 g/mol. The summed E-state index contributed by atoms with van der Waals surface area (Å²) in [5.41, 5.74) is 3.96. The number of aromatic amines is 1. The lowest BCUT2D eigenvalue weighted by molar-refractivity contribution is 0.630. The molecule has 0 amide bonds. The van der Waals surface area contributed by atoms with Crippen LogP contribution >= 0.6 is 11.6 Å². The van der Waals surface area contributed by atoms with Crippen LogP contribution in [-0.4, -0.2) is 9.97 Å². The molecule has 1 aromatic heterocycles. The number of rotatable bonds is 3. The van der Waals surface area contributed by atoms with Gasteiger partial charge >= 0.3 is 0 Å². The summed E-state index contributed by atoms with van der Waals surface area (Å²) in [6, 6.07) is 24.0. The van der Waals surface area contributed by atoms with Crippen LogP contribution < -0.4 is 0 Å². The molecule has 0 aliphatic heterocycles. The normalized spacial score (nSPS) is 10.8. The van der Waals surface area contributed by atoms with Gasteiger partial charge in [0.05, 0.1) is 17.0 Å². The predicted octanol–water partition coefficient (Wildman–Crippen LogP) is 6.20. The van der Waals surface area contributed by atoms with E-state index in [2.05, 4.69) is 9.97 Å². The summed E-state index contributed by atoms with van der Waals surface area (Å²) in [6.45, 7) is 0. The van der Waals surface area contributed by atoms with Crippen molar-refractivity contribution in [3.8, 4) is 33.9 Å². The highest BCUT2D eigenvalue weighted by molar-refractivity contribution is 6.30. The van der Waals surface area contributed by atoms with Crippen molar-refractivity contribution in [2.45, 2.75) is 0 Å². The number of nitrogens with one attached hydrogen (secondary N) is 1. The lowest BCUT2D eigenvalue weighted by atomic mass is 10.1. The summed E-state index contributed by atoms with van der Waals surface area (Å²) in [6.07, 6.45) is 0. The molecule has 3 aromatic carbocycles. The van der Waals surface area contributed by atoms with E-state index >= 15 is 0 Å². The van der Waals surface area contributed by atoms with Gasteiger partial charge in [0, 0.05) is 16.1 Å². The summed E-state index contributed by atoms with van der Waals surface area (Å²) < 4.78 is 14.2. The highest BCUT2D eigenvalue weighted by Gasteiger charge is 2.16. The molecule has 0 fully saturated rings. The molecule has 1 N–H and O–H groups in total. The zero-order valence-electron chi connectivity index (χ0n) is 13.2. The lowest BCUT2D eigenvalue weighted by Gasteiger charge is -2.03. The van der Waals surface area contributed by atoms with Crippen molar-refractivity contribution in [2.24, 2.45) is 0 Å². The zero-order valence-corrected chi connectivity index (χ0v) is 14.0. The standard InChI is InChI=1S/C21H14ClFN2/c22-16-12-10-15(11-13-16)20-19(14-6-2-1-3-7-14)24-21(25-20)17-8-4-5-9-18(17)23/h1-13H,(H,24,25). The number of H-pyrrole nitrogens is 1. The maximum Gasteiger partial charge on any atom is 0.141 e. The second-order valence-corrected chi connectivity index (χ2v) is 6.10. The van der Waals surface area contributed by atoms with E-state index in [-0.39, 0.29) is 5.82 Å². The minimum atomic E-state index is -0.307. The molecular formula is C21H14ClFN2. The smallest absolute Gasteiger partial charge is 0.141 e. The van der Waals surface area contributed by atoms with Crippen LogP contribution in [0.1, 0.15) is 0 Å². The average molecular weight is 349 g/mol. The maximum atomic E-state index is 14.2. The van der Waals surface area contributed by atoms with Gasteiger partial charge in [0.2, 0.25) is 0 Å². The summed E-state index contributed by atoms with van der Waals surface area (Å²) in [4.78, 5) is 7.96. The van der Waals surface area contributed by atoms with Crippen LogP contribution in [0.25, 0.3) is 33.9 Å². The molecule has 0 atom stereocenters. The number of hydrogen-bond donors (Lipinski definition) is 1. The van der Waals surface area contributed by atoms with Crippen LogP contribution in [0.4, 0.5) is 4.39 Å². The molecule has 1 heterocycles. The molecule has 2 nitrogen and oxygen atoms in total. The van der Waals surface area contributed by atoms with Crippen LogP contribution in [0.5, 0.6) is 0 Å². The average Bonchev–Trinajstić information content (AvgIpc) is 3.08. The molecule has 0 radical (unpaired) electrons. The van der Waals surface area contributed by atoms with Crippen LogP contribution in [-0.2, 0) is 0 Å². The molecule has 0 saturated heterocycles. The van der Waals surface area contributed by atoms with E-state index in [1.165, 1.54) is 6.07 Å². The Morgan fingerprint density at radius 2 is 1.44 bits per heavy atom. The fourth-order valence-corrected chi connectivity index (χ4v) is 2.91. The maximum absolute atomic E-state index is 14.2. The highest BCUT2D eigenvalue weighted by Crippen LogP contribution is 2.34. The Labute approximate surface area is 150 Å². The van der Waals surface area contributed by atoms with Crippen molar-refractivity contribution in [1.82, 2.24) is 9.97 Å². The van der Waals surface area contributed by atoms with Gasteiger partial charge in [-0.3, -0.25) is 0 Å². The molecule has 4 aromatic rings. The van der Waals surface area contributed by atoms with Crippen molar-refractivity contribution in [3.63, 3.8) is 0 Å². The lowest BCUT2D eigenvalue weighted by Crippen LogP contribution is -1.85. The summed E-state index contributed by atoms with van der Waals surface area (Å²) in [5, 5.41) is 0.666. The fourth-order valence-electron chi connectivity index (χ4n) is 2.78. The number of aromatic nitrogens is 2. The van der Waals surface area contributed by atoms with Gasteiger partial charge in [-0.15, -0.1) is 0 Å². The topological polar surface area (TPSA) is 28.7 Å².